The van der Waals surface area contributed by atoms with E-state index < -0.39 is 11.6 Å². The summed E-state index contributed by atoms with van der Waals surface area (Å²) in [5.74, 6) is 0.561. The van der Waals surface area contributed by atoms with E-state index in [4.69, 9.17) is 18.6 Å². The van der Waals surface area contributed by atoms with Gasteiger partial charge in [0.1, 0.15) is 23.0 Å². The Morgan fingerprint density at radius 3 is 2.29 bits per heavy atom. The molecule has 2 aromatic carbocycles. The van der Waals surface area contributed by atoms with Crippen LogP contribution in [0.15, 0.2) is 39.5 Å². The molecule has 0 spiro atoms. The number of carboxylic acids is 1. The van der Waals surface area contributed by atoms with E-state index in [1.165, 1.54) is 21.3 Å². The fourth-order valence-electron chi connectivity index (χ4n) is 3.17. The van der Waals surface area contributed by atoms with Crippen molar-refractivity contribution in [3.63, 3.8) is 0 Å². The third-order valence-corrected chi connectivity index (χ3v) is 4.47. The number of rotatable bonds is 6. The van der Waals surface area contributed by atoms with Crippen LogP contribution in [0.3, 0.4) is 0 Å². The van der Waals surface area contributed by atoms with Crippen LogP contribution in [0.25, 0.3) is 10.8 Å². The molecule has 0 unspecified atom stereocenters. The Labute approximate surface area is 161 Å². The van der Waals surface area contributed by atoms with Gasteiger partial charge in [0.2, 0.25) is 0 Å². The lowest BCUT2D eigenvalue weighted by Crippen LogP contribution is -2.09. The van der Waals surface area contributed by atoms with E-state index in [0.29, 0.717) is 39.3 Å². The quantitative estimate of drug-likeness (QED) is 0.696. The van der Waals surface area contributed by atoms with Crippen molar-refractivity contribution in [2.24, 2.45) is 0 Å². The minimum atomic E-state index is -1.08. The molecule has 0 bridgehead atoms. The maximum Gasteiger partial charge on any atom is 0.344 e. The van der Waals surface area contributed by atoms with Crippen molar-refractivity contribution in [3.05, 3.63) is 63.2 Å². The molecular weight excluding hydrogens is 364 g/mol. The highest BCUT2D eigenvalue weighted by Gasteiger charge is 2.19. The van der Waals surface area contributed by atoms with Crippen molar-refractivity contribution in [2.75, 3.05) is 21.3 Å². The van der Waals surface area contributed by atoms with Gasteiger partial charge in [0, 0.05) is 23.4 Å². The summed E-state index contributed by atoms with van der Waals surface area (Å²) in [6.07, 6.45) is 0.0749. The van der Waals surface area contributed by atoms with Crippen LogP contribution in [0.1, 0.15) is 27.2 Å². The van der Waals surface area contributed by atoms with E-state index >= 15 is 0 Å². The van der Waals surface area contributed by atoms with E-state index in [1.807, 2.05) is 0 Å². The van der Waals surface area contributed by atoms with Gasteiger partial charge in [0.05, 0.1) is 32.3 Å². The Morgan fingerprint density at radius 2 is 1.68 bits per heavy atom. The number of hydrogen-bond acceptors (Lipinski definition) is 6. The van der Waals surface area contributed by atoms with E-state index in [2.05, 4.69) is 0 Å². The highest BCUT2D eigenvalue weighted by Crippen LogP contribution is 2.32. The van der Waals surface area contributed by atoms with Gasteiger partial charge in [0.15, 0.2) is 0 Å². The molecule has 3 rings (SSSR count). The summed E-state index contributed by atoms with van der Waals surface area (Å²) in [6, 6.07) is 8.21. The van der Waals surface area contributed by atoms with Crippen LogP contribution in [-0.4, -0.2) is 32.4 Å². The second kappa shape index (κ2) is 7.64. The van der Waals surface area contributed by atoms with Gasteiger partial charge in [-0.1, -0.05) is 0 Å². The summed E-state index contributed by atoms with van der Waals surface area (Å²) in [5, 5.41) is 10.4. The molecule has 0 aliphatic heterocycles. The number of aromatic carboxylic acids is 1. The first-order valence-corrected chi connectivity index (χ1v) is 8.47. The molecule has 1 aromatic heterocycles. The summed E-state index contributed by atoms with van der Waals surface area (Å²) >= 11 is 0. The van der Waals surface area contributed by atoms with Gasteiger partial charge >= 0.3 is 11.6 Å². The second-order valence-corrected chi connectivity index (χ2v) is 6.27. The zero-order chi connectivity index (χ0) is 20.4. The van der Waals surface area contributed by atoms with Crippen molar-refractivity contribution in [3.8, 4) is 17.2 Å². The lowest BCUT2D eigenvalue weighted by atomic mass is 9.98. The molecule has 7 heteroatoms. The fourth-order valence-corrected chi connectivity index (χ4v) is 3.17. The third-order valence-electron chi connectivity index (χ3n) is 4.47. The maximum atomic E-state index is 12.5. The van der Waals surface area contributed by atoms with Crippen LogP contribution in [0, 0.1) is 6.92 Å². The monoisotopic (exact) mass is 384 g/mol. The zero-order valence-electron chi connectivity index (χ0n) is 16.0. The van der Waals surface area contributed by atoms with Crippen molar-refractivity contribution >= 4 is 16.7 Å². The van der Waals surface area contributed by atoms with Crippen LogP contribution >= 0.6 is 0 Å². The average molecular weight is 384 g/mol. The first kappa shape index (κ1) is 19.3. The SMILES string of the molecule is COc1cc(OC)c2cc(Cc3c(OC)cc(C)cc3C(=O)O)oc(=O)c2c1. The Balaban J connectivity index is 2.19. The largest absolute Gasteiger partial charge is 0.497 e. The zero-order valence-corrected chi connectivity index (χ0v) is 16.0. The topological polar surface area (TPSA) is 95.2 Å². The average Bonchev–Trinajstić information content (AvgIpc) is 2.68. The maximum absolute atomic E-state index is 12.5. The molecule has 1 N–H and O–H groups in total. The Bertz CT molecular complexity index is 1110. The number of carbonyl (C=O) groups is 1. The first-order chi connectivity index (χ1) is 13.4. The lowest BCUT2D eigenvalue weighted by Gasteiger charge is -2.13. The van der Waals surface area contributed by atoms with Crippen molar-refractivity contribution < 1.29 is 28.5 Å². The first-order valence-electron chi connectivity index (χ1n) is 8.47. The van der Waals surface area contributed by atoms with Crippen LogP contribution in [-0.2, 0) is 6.42 Å². The minimum absolute atomic E-state index is 0.0749. The van der Waals surface area contributed by atoms with E-state index in [0.717, 1.165) is 5.56 Å². The number of carboxylic acid groups (broad SMARTS) is 1. The number of benzene rings is 2. The number of methoxy groups -OCH3 is 3. The van der Waals surface area contributed by atoms with Crippen LogP contribution in [0.2, 0.25) is 0 Å². The summed E-state index contributed by atoms with van der Waals surface area (Å²) in [6.45, 7) is 1.78. The van der Waals surface area contributed by atoms with Gasteiger partial charge in [0.25, 0.3) is 0 Å². The summed E-state index contributed by atoms with van der Waals surface area (Å²) < 4.78 is 21.4. The molecule has 0 aliphatic rings. The van der Waals surface area contributed by atoms with Crippen LogP contribution < -0.4 is 19.8 Å². The van der Waals surface area contributed by atoms with Crippen LogP contribution in [0.5, 0.6) is 17.2 Å². The minimum Gasteiger partial charge on any atom is -0.497 e. The highest BCUT2D eigenvalue weighted by atomic mass is 16.5. The van der Waals surface area contributed by atoms with Gasteiger partial charge in [-0.05, 0) is 36.8 Å². The molecule has 0 atom stereocenters. The molecule has 0 aliphatic carbocycles. The molecular formula is C21H20O7. The smallest absolute Gasteiger partial charge is 0.344 e. The summed E-state index contributed by atoms with van der Waals surface area (Å²) in [4.78, 5) is 24.2. The Kier molecular flexibility index (Phi) is 5.26. The van der Waals surface area contributed by atoms with Crippen LogP contribution in [0.4, 0.5) is 0 Å². The fraction of sp³-hybridized carbons (Fsp3) is 0.238. The highest BCUT2D eigenvalue weighted by molar-refractivity contribution is 5.91. The Hall–Kier alpha value is -3.48. The van der Waals surface area contributed by atoms with Gasteiger partial charge < -0.3 is 23.7 Å². The standard InChI is InChI=1S/C21H20O7/c1-11-5-16(20(22)23)14(18(6-11)26-3)8-13-9-15-17(21(24)28-13)7-12(25-2)10-19(15)27-4/h5-7,9-10H,8H2,1-4H3,(H,22,23). The Morgan fingerprint density at radius 1 is 0.964 bits per heavy atom. The number of ether oxygens (including phenoxy) is 3. The van der Waals surface area contributed by atoms with E-state index in [-0.39, 0.29) is 12.0 Å². The number of hydrogen-bond donors (Lipinski definition) is 1. The van der Waals surface area contributed by atoms with Gasteiger partial charge in [-0.3, -0.25) is 0 Å². The molecule has 0 amide bonds. The van der Waals surface area contributed by atoms with Crippen molar-refractivity contribution in [1.29, 1.82) is 0 Å². The third kappa shape index (κ3) is 3.51. The predicted molar refractivity (Wildman–Crippen MR) is 103 cm³/mol. The molecule has 1 heterocycles. The van der Waals surface area contributed by atoms with E-state index in [1.54, 1.807) is 37.3 Å². The van der Waals surface area contributed by atoms with Crippen molar-refractivity contribution in [1.82, 2.24) is 0 Å². The molecule has 3 aromatic rings. The predicted octanol–water partition coefficient (Wildman–Crippen LogP) is 3.42. The molecule has 146 valence electrons. The second-order valence-electron chi connectivity index (χ2n) is 6.27. The van der Waals surface area contributed by atoms with Gasteiger partial charge in [-0.2, -0.15) is 0 Å². The van der Waals surface area contributed by atoms with E-state index in [9.17, 15) is 14.7 Å². The number of aryl methyl sites for hydroxylation is 1. The van der Waals surface area contributed by atoms with Crippen molar-refractivity contribution in [2.45, 2.75) is 13.3 Å². The molecule has 7 nitrogen and oxygen atoms in total. The molecule has 0 fully saturated rings. The lowest BCUT2D eigenvalue weighted by molar-refractivity contribution is 0.0695. The summed E-state index contributed by atoms with van der Waals surface area (Å²) in [5.41, 5.74) is 0.719. The normalized spacial score (nSPS) is 10.7. The molecule has 0 saturated carbocycles. The number of fused-ring (bicyclic) bond motifs is 1. The molecule has 0 saturated heterocycles. The van der Waals surface area contributed by atoms with Gasteiger partial charge in [-0.25, -0.2) is 9.59 Å². The summed E-state index contributed by atoms with van der Waals surface area (Å²) in [7, 11) is 4.46. The molecule has 0 radical (unpaired) electrons. The molecule has 28 heavy (non-hydrogen) atoms. The van der Waals surface area contributed by atoms with Gasteiger partial charge in [-0.15, -0.1) is 0 Å².